The average molecular weight is 430 g/mol. The number of thioether (sulfide) groups is 1. The highest BCUT2D eigenvalue weighted by atomic mass is 32.2. The minimum Gasteiger partial charge on any atom is -0.469 e. The molecule has 2 aromatic carbocycles. The van der Waals surface area contributed by atoms with Crippen LogP contribution in [0.15, 0.2) is 76.5 Å². The molecule has 2 heterocycles. The molecule has 4 aromatic rings. The number of para-hydroxylation sites is 1. The number of carbonyl (C=O) groups excluding carboxylic acids is 1. The van der Waals surface area contributed by atoms with Crippen LogP contribution in [0.3, 0.4) is 0 Å². The van der Waals surface area contributed by atoms with E-state index < -0.39 is 5.25 Å². The summed E-state index contributed by atoms with van der Waals surface area (Å²) in [6.07, 6.45) is 1.62. The first-order chi connectivity index (χ1) is 15.1. The van der Waals surface area contributed by atoms with E-state index >= 15 is 0 Å². The van der Waals surface area contributed by atoms with E-state index in [0.717, 1.165) is 17.0 Å². The van der Waals surface area contributed by atoms with Crippen molar-refractivity contribution in [2.24, 2.45) is 0 Å². The van der Waals surface area contributed by atoms with Gasteiger partial charge in [0.25, 0.3) is 0 Å². The summed E-state index contributed by atoms with van der Waals surface area (Å²) in [7, 11) is 0. The van der Waals surface area contributed by atoms with Gasteiger partial charge in [-0.15, -0.1) is 10.2 Å². The molecule has 1 unspecified atom stereocenters. The SMILES string of the molecule is Cc1occc1-c1nnc(SC(C)C(=O)Nc2cccc(C#N)c2)n1-c1ccccc1. The number of nitriles is 1. The zero-order valence-electron chi connectivity index (χ0n) is 16.9. The summed E-state index contributed by atoms with van der Waals surface area (Å²) in [5, 5.41) is 20.8. The zero-order valence-corrected chi connectivity index (χ0v) is 17.8. The lowest BCUT2D eigenvalue weighted by Gasteiger charge is -2.14. The maximum Gasteiger partial charge on any atom is 0.237 e. The van der Waals surface area contributed by atoms with E-state index in [2.05, 4.69) is 21.6 Å². The molecular weight excluding hydrogens is 410 g/mol. The summed E-state index contributed by atoms with van der Waals surface area (Å²) in [5.74, 6) is 1.20. The van der Waals surface area contributed by atoms with Gasteiger partial charge >= 0.3 is 0 Å². The highest BCUT2D eigenvalue weighted by molar-refractivity contribution is 8.00. The minimum atomic E-state index is -0.448. The number of aromatic nitrogens is 3. The Morgan fingerprint density at radius 2 is 1.97 bits per heavy atom. The van der Waals surface area contributed by atoms with Crippen LogP contribution in [0.25, 0.3) is 17.1 Å². The number of rotatable bonds is 6. The summed E-state index contributed by atoms with van der Waals surface area (Å²) < 4.78 is 7.37. The maximum absolute atomic E-state index is 12.8. The van der Waals surface area contributed by atoms with Gasteiger partial charge < -0.3 is 9.73 Å². The third kappa shape index (κ3) is 4.37. The Kier molecular flexibility index (Phi) is 5.87. The number of nitrogens with one attached hydrogen (secondary N) is 1. The lowest BCUT2D eigenvalue weighted by molar-refractivity contribution is -0.115. The lowest BCUT2D eigenvalue weighted by atomic mass is 10.2. The monoisotopic (exact) mass is 429 g/mol. The Balaban J connectivity index is 1.62. The molecule has 1 atom stereocenters. The quantitative estimate of drug-likeness (QED) is 0.441. The van der Waals surface area contributed by atoms with Crippen molar-refractivity contribution >= 4 is 23.4 Å². The van der Waals surface area contributed by atoms with Crippen molar-refractivity contribution in [2.45, 2.75) is 24.3 Å². The highest BCUT2D eigenvalue weighted by Crippen LogP contribution is 2.32. The van der Waals surface area contributed by atoms with Crippen LogP contribution in [0.2, 0.25) is 0 Å². The van der Waals surface area contributed by atoms with Crippen LogP contribution in [-0.2, 0) is 4.79 Å². The number of anilines is 1. The minimum absolute atomic E-state index is 0.191. The smallest absolute Gasteiger partial charge is 0.237 e. The van der Waals surface area contributed by atoms with E-state index in [9.17, 15) is 4.79 Å². The summed E-state index contributed by atoms with van der Waals surface area (Å²) in [6, 6.07) is 20.5. The molecule has 0 aliphatic carbocycles. The van der Waals surface area contributed by atoms with Gasteiger partial charge in [-0.25, -0.2) is 0 Å². The van der Waals surface area contributed by atoms with Crippen LogP contribution in [0.4, 0.5) is 5.69 Å². The highest BCUT2D eigenvalue weighted by Gasteiger charge is 2.23. The average Bonchev–Trinajstić information content (AvgIpc) is 3.40. The van der Waals surface area contributed by atoms with Crippen LogP contribution in [0.1, 0.15) is 18.2 Å². The second-order valence-corrected chi connectivity index (χ2v) is 8.12. The maximum atomic E-state index is 12.8. The Labute approximate surface area is 183 Å². The van der Waals surface area contributed by atoms with Gasteiger partial charge in [-0.05, 0) is 50.2 Å². The van der Waals surface area contributed by atoms with Crippen molar-refractivity contribution in [3.05, 3.63) is 78.3 Å². The van der Waals surface area contributed by atoms with Gasteiger partial charge in [-0.2, -0.15) is 5.26 Å². The second-order valence-electron chi connectivity index (χ2n) is 6.81. The molecule has 7 nitrogen and oxygen atoms in total. The number of hydrogen-bond acceptors (Lipinski definition) is 6. The predicted molar refractivity (Wildman–Crippen MR) is 119 cm³/mol. The van der Waals surface area contributed by atoms with Crippen molar-refractivity contribution in [1.29, 1.82) is 5.26 Å². The van der Waals surface area contributed by atoms with Crippen LogP contribution in [0, 0.1) is 18.3 Å². The van der Waals surface area contributed by atoms with Gasteiger partial charge in [0.15, 0.2) is 11.0 Å². The molecule has 0 spiro atoms. The molecule has 0 fully saturated rings. The number of aryl methyl sites for hydroxylation is 1. The van der Waals surface area contributed by atoms with E-state index in [1.54, 1.807) is 37.5 Å². The van der Waals surface area contributed by atoms with E-state index in [1.165, 1.54) is 11.8 Å². The molecule has 4 rings (SSSR count). The van der Waals surface area contributed by atoms with Crippen molar-refractivity contribution in [3.8, 4) is 23.1 Å². The van der Waals surface area contributed by atoms with Gasteiger partial charge in [-0.1, -0.05) is 36.0 Å². The predicted octanol–water partition coefficient (Wildman–Crippen LogP) is 4.83. The molecular formula is C23H19N5O2S. The Morgan fingerprint density at radius 1 is 1.16 bits per heavy atom. The third-order valence-corrected chi connectivity index (χ3v) is 5.70. The molecule has 0 radical (unpaired) electrons. The fourth-order valence-electron chi connectivity index (χ4n) is 3.07. The van der Waals surface area contributed by atoms with Gasteiger partial charge in [0.1, 0.15) is 5.76 Å². The van der Waals surface area contributed by atoms with E-state index in [4.69, 9.17) is 9.68 Å². The van der Waals surface area contributed by atoms with Crippen LogP contribution in [-0.4, -0.2) is 25.9 Å². The van der Waals surface area contributed by atoms with E-state index in [0.29, 0.717) is 22.2 Å². The molecule has 31 heavy (non-hydrogen) atoms. The molecule has 1 N–H and O–H groups in total. The molecule has 154 valence electrons. The molecule has 0 bridgehead atoms. The third-order valence-electron chi connectivity index (χ3n) is 4.66. The van der Waals surface area contributed by atoms with Gasteiger partial charge in [0, 0.05) is 11.4 Å². The fraction of sp³-hybridized carbons (Fsp3) is 0.130. The number of nitrogens with zero attached hydrogens (tertiary/aromatic N) is 4. The van der Waals surface area contributed by atoms with Crippen molar-refractivity contribution < 1.29 is 9.21 Å². The van der Waals surface area contributed by atoms with Crippen LogP contribution >= 0.6 is 11.8 Å². The van der Waals surface area contributed by atoms with Crippen LogP contribution in [0.5, 0.6) is 0 Å². The Bertz CT molecular complexity index is 1260. The Hall–Kier alpha value is -3.83. The summed E-state index contributed by atoms with van der Waals surface area (Å²) in [6.45, 7) is 3.68. The Morgan fingerprint density at radius 3 is 2.68 bits per heavy atom. The van der Waals surface area contributed by atoms with Crippen molar-refractivity contribution in [1.82, 2.24) is 14.8 Å². The molecule has 1 amide bonds. The fourth-order valence-corrected chi connectivity index (χ4v) is 3.94. The number of benzene rings is 2. The number of carbonyl (C=O) groups is 1. The first-order valence-corrected chi connectivity index (χ1v) is 10.5. The molecule has 0 saturated heterocycles. The standard InChI is InChI=1S/C23H19N5O2S/c1-15-20(11-12-30-15)21-26-27-23(28(21)19-9-4-3-5-10-19)31-16(2)22(29)25-18-8-6-7-17(13-18)14-24/h3-13,16H,1-2H3,(H,25,29). The number of amides is 1. The molecule has 2 aromatic heterocycles. The van der Waals surface area contributed by atoms with E-state index in [1.807, 2.05) is 47.9 Å². The first-order valence-electron chi connectivity index (χ1n) is 9.60. The number of furan rings is 1. The molecule has 8 heteroatoms. The summed E-state index contributed by atoms with van der Waals surface area (Å²) in [5.41, 5.74) is 2.80. The topological polar surface area (TPSA) is 96.7 Å². The summed E-state index contributed by atoms with van der Waals surface area (Å²) in [4.78, 5) is 12.8. The van der Waals surface area contributed by atoms with Crippen molar-refractivity contribution in [3.63, 3.8) is 0 Å². The van der Waals surface area contributed by atoms with Gasteiger partial charge in [-0.3, -0.25) is 9.36 Å². The molecule has 0 aliphatic rings. The largest absolute Gasteiger partial charge is 0.469 e. The molecule has 0 aliphatic heterocycles. The normalized spacial score (nSPS) is 11.6. The molecule has 0 saturated carbocycles. The first kappa shape index (κ1) is 20.4. The van der Waals surface area contributed by atoms with Gasteiger partial charge in [0.05, 0.1) is 28.7 Å². The van der Waals surface area contributed by atoms with Crippen molar-refractivity contribution in [2.75, 3.05) is 5.32 Å². The summed E-state index contributed by atoms with van der Waals surface area (Å²) >= 11 is 1.31. The lowest BCUT2D eigenvalue weighted by Crippen LogP contribution is -2.23. The van der Waals surface area contributed by atoms with E-state index in [-0.39, 0.29) is 5.91 Å². The zero-order chi connectivity index (χ0) is 21.8. The van der Waals surface area contributed by atoms with Gasteiger partial charge in [0.2, 0.25) is 5.91 Å². The number of hydrogen-bond donors (Lipinski definition) is 1. The van der Waals surface area contributed by atoms with Crippen LogP contribution < -0.4 is 5.32 Å². The second kappa shape index (κ2) is 8.90.